The fourth-order valence-electron chi connectivity index (χ4n) is 0.750. The summed E-state index contributed by atoms with van der Waals surface area (Å²) in [5.41, 5.74) is 0. The third-order valence-corrected chi connectivity index (χ3v) is 5.92. The van der Waals surface area contributed by atoms with E-state index in [-0.39, 0.29) is 29.6 Å². The van der Waals surface area contributed by atoms with Crippen LogP contribution in [-0.4, -0.2) is 13.1 Å². The quantitative estimate of drug-likeness (QED) is 0.518. The summed E-state index contributed by atoms with van der Waals surface area (Å²) in [6.45, 7) is 6.25. The molecule has 0 bridgehead atoms. The van der Waals surface area contributed by atoms with E-state index in [1.54, 1.807) is 0 Å². The maximum Gasteiger partial charge on any atom is 1.00 e. The number of hydrogen-bond donors (Lipinski definition) is 1. The SMILES string of the molecule is CC[Si](O)(CC)CC.[Na+]. The van der Waals surface area contributed by atoms with Crippen LogP contribution < -0.4 is 29.6 Å². The van der Waals surface area contributed by atoms with Gasteiger partial charge in [-0.2, -0.15) is 0 Å². The maximum atomic E-state index is 9.58. The minimum absolute atomic E-state index is 0. The van der Waals surface area contributed by atoms with E-state index in [4.69, 9.17) is 0 Å². The van der Waals surface area contributed by atoms with E-state index < -0.39 is 8.32 Å². The van der Waals surface area contributed by atoms with Crippen LogP contribution in [0.5, 0.6) is 0 Å². The summed E-state index contributed by atoms with van der Waals surface area (Å²) in [6.07, 6.45) is 0. The minimum Gasteiger partial charge on any atom is -0.432 e. The van der Waals surface area contributed by atoms with Crippen LogP contribution in [0.1, 0.15) is 20.8 Å². The minimum atomic E-state index is -1.67. The molecular formula is C6H16NaOSi+. The fourth-order valence-corrected chi connectivity index (χ4v) is 2.25. The van der Waals surface area contributed by atoms with Crippen LogP contribution in [-0.2, 0) is 0 Å². The molecule has 0 radical (unpaired) electrons. The number of rotatable bonds is 3. The van der Waals surface area contributed by atoms with E-state index in [0.717, 1.165) is 18.1 Å². The Kier molecular flexibility index (Phi) is 8.44. The van der Waals surface area contributed by atoms with Crippen molar-refractivity contribution in [3.05, 3.63) is 0 Å². The molecule has 9 heavy (non-hydrogen) atoms. The van der Waals surface area contributed by atoms with E-state index in [2.05, 4.69) is 20.8 Å². The summed E-state index contributed by atoms with van der Waals surface area (Å²) in [6, 6.07) is 3.04. The van der Waals surface area contributed by atoms with Crippen LogP contribution >= 0.6 is 0 Å². The first kappa shape index (κ1) is 12.8. The van der Waals surface area contributed by atoms with Gasteiger partial charge in [0.15, 0.2) is 8.32 Å². The third kappa shape index (κ3) is 4.56. The van der Waals surface area contributed by atoms with Crippen molar-refractivity contribution in [1.82, 2.24) is 0 Å². The molecule has 0 atom stereocenters. The van der Waals surface area contributed by atoms with Gasteiger partial charge in [-0.05, 0) is 18.1 Å². The molecule has 0 spiro atoms. The molecule has 0 amide bonds. The van der Waals surface area contributed by atoms with Gasteiger partial charge >= 0.3 is 29.6 Å². The largest absolute Gasteiger partial charge is 1.00 e. The molecule has 0 aromatic carbocycles. The second-order valence-corrected chi connectivity index (χ2v) is 6.86. The summed E-state index contributed by atoms with van der Waals surface area (Å²) in [4.78, 5) is 9.58. The van der Waals surface area contributed by atoms with E-state index in [9.17, 15) is 4.80 Å². The standard InChI is InChI=1S/C6H16OSi.Na/c1-4-8(7,5-2)6-3;/h7H,4-6H2,1-3H3;/q;+1. The van der Waals surface area contributed by atoms with Crippen LogP contribution in [0.3, 0.4) is 0 Å². The van der Waals surface area contributed by atoms with Crippen LogP contribution in [0.4, 0.5) is 0 Å². The molecule has 0 saturated carbocycles. The molecule has 0 unspecified atom stereocenters. The van der Waals surface area contributed by atoms with Gasteiger partial charge in [0.25, 0.3) is 0 Å². The topological polar surface area (TPSA) is 20.2 Å². The predicted octanol–water partition coefficient (Wildman–Crippen LogP) is -1.01. The van der Waals surface area contributed by atoms with Gasteiger partial charge in [-0.1, -0.05) is 20.8 Å². The zero-order valence-corrected chi connectivity index (χ0v) is 10.1. The summed E-state index contributed by atoms with van der Waals surface area (Å²) < 4.78 is 0. The Hall–Kier alpha value is 1.18. The van der Waals surface area contributed by atoms with Crippen molar-refractivity contribution < 1.29 is 34.4 Å². The second-order valence-electron chi connectivity index (χ2n) is 2.29. The Labute approximate surface area is 81.3 Å². The van der Waals surface area contributed by atoms with Gasteiger partial charge < -0.3 is 4.80 Å². The molecular weight excluding hydrogens is 139 g/mol. The Morgan fingerprint density at radius 2 is 1.22 bits per heavy atom. The van der Waals surface area contributed by atoms with Crippen molar-refractivity contribution in [3.63, 3.8) is 0 Å². The summed E-state index contributed by atoms with van der Waals surface area (Å²) in [7, 11) is -1.67. The van der Waals surface area contributed by atoms with Crippen molar-refractivity contribution in [2.75, 3.05) is 0 Å². The Balaban J connectivity index is 0. The van der Waals surface area contributed by atoms with Gasteiger partial charge in [-0.25, -0.2) is 0 Å². The van der Waals surface area contributed by atoms with E-state index in [1.807, 2.05) is 0 Å². The average Bonchev–Trinajstić information content (AvgIpc) is 1.87. The first-order valence-corrected chi connectivity index (χ1v) is 5.97. The third-order valence-electron chi connectivity index (χ3n) is 1.97. The van der Waals surface area contributed by atoms with Gasteiger partial charge in [-0.15, -0.1) is 0 Å². The number of hydrogen-bond acceptors (Lipinski definition) is 1. The second kappa shape index (κ2) is 5.92. The fraction of sp³-hybridized carbons (Fsp3) is 1.00. The van der Waals surface area contributed by atoms with Crippen molar-refractivity contribution in [2.24, 2.45) is 0 Å². The Bertz CT molecular complexity index is 55.8. The van der Waals surface area contributed by atoms with Crippen LogP contribution in [0.2, 0.25) is 18.1 Å². The molecule has 0 aliphatic carbocycles. The van der Waals surface area contributed by atoms with Crippen LogP contribution in [0.15, 0.2) is 0 Å². The molecule has 0 aromatic heterocycles. The molecule has 0 aromatic rings. The molecule has 0 aliphatic rings. The Morgan fingerprint density at radius 3 is 1.22 bits per heavy atom. The summed E-state index contributed by atoms with van der Waals surface area (Å²) >= 11 is 0. The van der Waals surface area contributed by atoms with Gasteiger partial charge in [0.1, 0.15) is 0 Å². The predicted molar refractivity (Wildman–Crippen MR) is 39.4 cm³/mol. The molecule has 1 nitrogen and oxygen atoms in total. The molecule has 0 rings (SSSR count). The van der Waals surface area contributed by atoms with Crippen molar-refractivity contribution in [2.45, 2.75) is 38.9 Å². The zero-order chi connectivity index (χ0) is 6.62. The molecule has 0 aliphatic heterocycles. The van der Waals surface area contributed by atoms with Crippen molar-refractivity contribution in [1.29, 1.82) is 0 Å². The maximum absolute atomic E-state index is 9.58. The van der Waals surface area contributed by atoms with E-state index in [0.29, 0.717) is 0 Å². The van der Waals surface area contributed by atoms with E-state index >= 15 is 0 Å². The molecule has 3 heteroatoms. The molecule has 0 heterocycles. The van der Waals surface area contributed by atoms with Gasteiger partial charge in [0.2, 0.25) is 0 Å². The van der Waals surface area contributed by atoms with Gasteiger partial charge in [0.05, 0.1) is 0 Å². The van der Waals surface area contributed by atoms with Crippen molar-refractivity contribution in [3.8, 4) is 0 Å². The first-order chi connectivity index (χ1) is 3.68. The van der Waals surface area contributed by atoms with E-state index in [1.165, 1.54) is 0 Å². The van der Waals surface area contributed by atoms with Crippen molar-refractivity contribution >= 4 is 8.32 Å². The Morgan fingerprint density at radius 1 is 1.00 bits per heavy atom. The van der Waals surface area contributed by atoms with Crippen LogP contribution in [0.25, 0.3) is 0 Å². The molecule has 0 fully saturated rings. The molecule has 1 N–H and O–H groups in total. The average molecular weight is 155 g/mol. The normalized spacial score (nSPS) is 10.7. The van der Waals surface area contributed by atoms with Crippen LogP contribution in [0, 0.1) is 0 Å². The smallest absolute Gasteiger partial charge is 0.432 e. The summed E-state index contributed by atoms with van der Waals surface area (Å²) in [5, 5.41) is 0. The molecule has 0 saturated heterocycles. The monoisotopic (exact) mass is 155 g/mol. The molecule has 50 valence electrons. The van der Waals surface area contributed by atoms with Gasteiger partial charge in [-0.3, -0.25) is 0 Å². The summed E-state index contributed by atoms with van der Waals surface area (Å²) in [5.74, 6) is 0. The first-order valence-electron chi connectivity index (χ1n) is 3.41. The zero-order valence-electron chi connectivity index (χ0n) is 7.07. The van der Waals surface area contributed by atoms with Gasteiger partial charge in [0, 0.05) is 0 Å².